The fourth-order valence-corrected chi connectivity index (χ4v) is 0.974. The molecular formula is C7H5ClN2O4. The van der Waals surface area contributed by atoms with E-state index in [0.29, 0.717) is 0 Å². The first kappa shape index (κ1) is 10.4. The Hall–Kier alpha value is -1.69. The molecule has 0 aromatic carbocycles. The summed E-state index contributed by atoms with van der Waals surface area (Å²) in [6.45, 7) is 0. The van der Waals surface area contributed by atoms with E-state index in [1.165, 1.54) is 0 Å². The van der Waals surface area contributed by atoms with Gasteiger partial charge < -0.3 is 14.9 Å². The van der Waals surface area contributed by atoms with Crippen LogP contribution in [0.3, 0.4) is 0 Å². The molecule has 14 heavy (non-hydrogen) atoms. The molecule has 74 valence electrons. The van der Waals surface area contributed by atoms with Crippen LogP contribution in [0.25, 0.3) is 0 Å². The van der Waals surface area contributed by atoms with Crippen molar-refractivity contribution in [1.82, 2.24) is 4.98 Å². The summed E-state index contributed by atoms with van der Waals surface area (Å²) >= 11 is 5.59. The number of methoxy groups -OCH3 is 1. The summed E-state index contributed by atoms with van der Waals surface area (Å²) < 4.78 is 4.38. The summed E-state index contributed by atoms with van der Waals surface area (Å²) in [4.78, 5) is 24.1. The summed E-state index contributed by atoms with van der Waals surface area (Å²) in [5.41, 5.74) is -0.0733. The molecule has 1 aromatic rings. The predicted octanol–water partition coefficient (Wildman–Crippen LogP) is 1.43. The van der Waals surface area contributed by atoms with E-state index in [1.807, 2.05) is 0 Å². The zero-order chi connectivity index (χ0) is 10.7. The van der Waals surface area contributed by atoms with Gasteiger partial charge in [-0.2, -0.15) is 0 Å². The monoisotopic (exact) mass is 216 g/mol. The van der Waals surface area contributed by atoms with Crippen molar-refractivity contribution in [1.29, 1.82) is 0 Å². The standard InChI is InChI=1S/C7H5ClN2O4/c1-14-7(11)4-2-6(10(12)13)9-3-5(4)8/h2-3H,1H3. The van der Waals surface area contributed by atoms with Crippen molar-refractivity contribution in [3.05, 3.63) is 33.0 Å². The minimum atomic E-state index is -0.736. The van der Waals surface area contributed by atoms with Crippen molar-refractivity contribution >= 4 is 23.4 Å². The Balaban J connectivity index is 3.21. The van der Waals surface area contributed by atoms with Gasteiger partial charge in [0.2, 0.25) is 0 Å². The number of halogens is 1. The molecule has 0 bridgehead atoms. The summed E-state index contributed by atoms with van der Waals surface area (Å²) in [6.07, 6.45) is 1.03. The second-order valence-corrected chi connectivity index (χ2v) is 2.68. The van der Waals surface area contributed by atoms with Gasteiger partial charge in [0.1, 0.15) is 0 Å². The van der Waals surface area contributed by atoms with Crippen LogP contribution >= 0.6 is 11.6 Å². The van der Waals surface area contributed by atoms with Crippen LogP contribution in [0.5, 0.6) is 0 Å². The fourth-order valence-electron chi connectivity index (χ4n) is 0.794. The van der Waals surface area contributed by atoms with Gasteiger partial charge in [-0.25, -0.2) is 4.79 Å². The maximum Gasteiger partial charge on any atom is 0.364 e. The van der Waals surface area contributed by atoms with E-state index in [9.17, 15) is 14.9 Å². The van der Waals surface area contributed by atoms with Crippen LogP contribution < -0.4 is 0 Å². The SMILES string of the molecule is COC(=O)c1cc([N+](=O)[O-])ncc1Cl. The summed E-state index contributed by atoms with van der Waals surface area (Å²) in [5.74, 6) is -1.18. The van der Waals surface area contributed by atoms with Gasteiger partial charge in [0.25, 0.3) is 0 Å². The number of carbonyl (C=O) groups is 1. The Kier molecular flexibility index (Phi) is 2.98. The van der Waals surface area contributed by atoms with Gasteiger partial charge in [0.05, 0.1) is 23.8 Å². The topological polar surface area (TPSA) is 82.3 Å². The van der Waals surface area contributed by atoms with Crippen LogP contribution in [0.1, 0.15) is 10.4 Å². The lowest BCUT2D eigenvalue weighted by molar-refractivity contribution is -0.389. The van der Waals surface area contributed by atoms with Crippen molar-refractivity contribution < 1.29 is 14.5 Å². The quantitative estimate of drug-likeness (QED) is 0.424. The van der Waals surface area contributed by atoms with E-state index in [-0.39, 0.29) is 10.6 Å². The van der Waals surface area contributed by atoms with Crippen LogP contribution in [0.4, 0.5) is 5.82 Å². The smallest absolute Gasteiger partial charge is 0.364 e. The Morgan fingerprint density at radius 1 is 1.71 bits per heavy atom. The van der Waals surface area contributed by atoms with E-state index in [2.05, 4.69) is 9.72 Å². The average Bonchev–Trinajstić information content (AvgIpc) is 2.17. The molecule has 0 saturated heterocycles. The third kappa shape index (κ3) is 1.97. The van der Waals surface area contributed by atoms with Crippen molar-refractivity contribution in [2.45, 2.75) is 0 Å². The van der Waals surface area contributed by atoms with Crippen LogP contribution in [-0.2, 0) is 4.74 Å². The van der Waals surface area contributed by atoms with Crippen LogP contribution in [0, 0.1) is 10.1 Å². The van der Waals surface area contributed by atoms with E-state index >= 15 is 0 Å². The molecule has 1 heterocycles. The number of rotatable bonds is 2. The Labute approximate surface area is 83.6 Å². The van der Waals surface area contributed by atoms with Gasteiger partial charge in [-0.15, -0.1) is 0 Å². The third-order valence-electron chi connectivity index (χ3n) is 1.43. The van der Waals surface area contributed by atoms with Crippen LogP contribution in [-0.4, -0.2) is 23.0 Å². The molecule has 0 saturated carbocycles. The molecule has 0 amide bonds. The first-order valence-corrected chi connectivity index (χ1v) is 3.82. The minimum Gasteiger partial charge on any atom is -0.465 e. The second kappa shape index (κ2) is 4.01. The summed E-state index contributed by atoms with van der Waals surface area (Å²) in [7, 11) is 1.16. The number of hydrogen-bond donors (Lipinski definition) is 0. The first-order chi connectivity index (χ1) is 6.56. The minimum absolute atomic E-state index is 0.0162. The second-order valence-electron chi connectivity index (χ2n) is 2.27. The normalized spacial score (nSPS) is 9.57. The number of pyridine rings is 1. The van der Waals surface area contributed by atoms with Gasteiger partial charge in [0, 0.05) is 0 Å². The molecule has 0 aliphatic rings. The number of aromatic nitrogens is 1. The maximum atomic E-state index is 11.1. The molecule has 1 rings (SSSR count). The van der Waals surface area contributed by atoms with Gasteiger partial charge in [-0.05, 0) is 9.91 Å². The molecule has 6 nitrogen and oxygen atoms in total. The van der Waals surface area contributed by atoms with Gasteiger partial charge in [0.15, 0.2) is 6.20 Å². The molecule has 0 fully saturated rings. The van der Waals surface area contributed by atoms with E-state index in [0.717, 1.165) is 19.4 Å². The average molecular weight is 217 g/mol. The van der Waals surface area contributed by atoms with Crippen molar-refractivity contribution in [2.75, 3.05) is 7.11 Å². The molecule has 0 spiro atoms. The largest absolute Gasteiger partial charge is 0.465 e. The lowest BCUT2D eigenvalue weighted by Gasteiger charge is -1.99. The maximum absolute atomic E-state index is 11.1. The summed E-state index contributed by atoms with van der Waals surface area (Å²) in [6, 6.07) is 0.966. The number of nitro groups is 1. The van der Waals surface area contributed by atoms with E-state index in [4.69, 9.17) is 11.6 Å². The molecule has 7 heteroatoms. The molecule has 0 aliphatic carbocycles. The zero-order valence-corrected chi connectivity index (χ0v) is 7.82. The molecule has 1 aromatic heterocycles. The highest BCUT2D eigenvalue weighted by Crippen LogP contribution is 2.19. The van der Waals surface area contributed by atoms with E-state index in [1.54, 1.807) is 0 Å². The number of nitrogens with zero attached hydrogens (tertiary/aromatic N) is 2. The lowest BCUT2D eigenvalue weighted by atomic mass is 10.2. The predicted molar refractivity (Wildman–Crippen MR) is 47.2 cm³/mol. The molecule has 0 radical (unpaired) electrons. The summed E-state index contributed by atoms with van der Waals surface area (Å²) in [5, 5.41) is 10.3. The zero-order valence-electron chi connectivity index (χ0n) is 7.06. The molecule has 0 unspecified atom stereocenters. The number of hydrogen-bond acceptors (Lipinski definition) is 5. The molecule has 0 atom stereocenters. The number of ether oxygens (including phenoxy) is 1. The van der Waals surface area contributed by atoms with Crippen molar-refractivity contribution in [2.24, 2.45) is 0 Å². The van der Waals surface area contributed by atoms with Crippen LogP contribution in [0.2, 0.25) is 5.02 Å². The Morgan fingerprint density at radius 3 is 2.86 bits per heavy atom. The van der Waals surface area contributed by atoms with E-state index < -0.39 is 16.7 Å². The highest BCUT2D eigenvalue weighted by Gasteiger charge is 2.17. The molecular weight excluding hydrogens is 212 g/mol. The highest BCUT2D eigenvalue weighted by molar-refractivity contribution is 6.33. The van der Waals surface area contributed by atoms with Crippen LogP contribution in [0.15, 0.2) is 12.3 Å². The lowest BCUT2D eigenvalue weighted by Crippen LogP contribution is -2.04. The molecule has 0 aliphatic heterocycles. The first-order valence-electron chi connectivity index (χ1n) is 3.44. The Morgan fingerprint density at radius 2 is 2.36 bits per heavy atom. The fraction of sp³-hybridized carbons (Fsp3) is 0.143. The number of esters is 1. The van der Waals surface area contributed by atoms with Gasteiger partial charge in [-0.1, -0.05) is 11.6 Å². The highest BCUT2D eigenvalue weighted by atomic mass is 35.5. The number of carbonyl (C=O) groups excluding carboxylic acids is 1. The van der Waals surface area contributed by atoms with Gasteiger partial charge in [-0.3, -0.25) is 0 Å². The third-order valence-corrected chi connectivity index (χ3v) is 1.73. The van der Waals surface area contributed by atoms with Crippen molar-refractivity contribution in [3.8, 4) is 0 Å². The van der Waals surface area contributed by atoms with Gasteiger partial charge >= 0.3 is 11.8 Å². The Bertz CT molecular complexity index is 393. The van der Waals surface area contributed by atoms with Crippen molar-refractivity contribution in [3.63, 3.8) is 0 Å². The molecule has 0 N–H and O–H groups in total.